The Bertz CT molecular complexity index is 1190. The highest BCUT2D eigenvalue weighted by molar-refractivity contribution is 7.09. The van der Waals surface area contributed by atoms with Gasteiger partial charge in [0.15, 0.2) is 11.4 Å². The number of aromatic nitrogens is 5. The van der Waals surface area contributed by atoms with E-state index in [0.29, 0.717) is 27.2 Å². The normalized spacial score (nSPS) is 13.1. The van der Waals surface area contributed by atoms with Crippen LogP contribution in [0.1, 0.15) is 17.6 Å². The summed E-state index contributed by atoms with van der Waals surface area (Å²) in [6.07, 6.45) is 5.85. The van der Waals surface area contributed by atoms with Crippen molar-refractivity contribution in [2.24, 2.45) is 0 Å². The molecule has 4 heterocycles. The Morgan fingerprint density at radius 2 is 2.15 bits per heavy atom. The number of pyridine rings is 1. The van der Waals surface area contributed by atoms with Gasteiger partial charge in [0, 0.05) is 28.7 Å². The Labute approximate surface area is 157 Å². The lowest BCUT2D eigenvalue weighted by Gasteiger charge is -2.11. The summed E-state index contributed by atoms with van der Waals surface area (Å²) in [6.45, 7) is 1.57. The molecule has 4 aromatic heterocycles. The number of nitrogens with one attached hydrogen (secondary N) is 1. The second-order valence-corrected chi connectivity index (χ2v) is 6.80. The first-order valence-corrected chi connectivity index (χ1v) is 8.73. The molecule has 27 heavy (non-hydrogen) atoms. The van der Waals surface area contributed by atoms with Crippen LogP contribution >= 0.6 is 11.3 Å². The van der Waals surface area contributed by atoms with Gasteiger partial charge in [-0.1, -0.05) is 5.92 Å². The van der Waals surface area contributed by atoms with E-state index in [1.54, 1.807) is 37.0 Å². The van der Waals surface area contributed by atoms with Crippen LogP contribution in [0.15, 0.2) is 36.2 Å². The van der Waals surface area contributed by atoms with Gasteiger partial charge in [-0.3, -0.25) is 0 Å². The van der Waals surface area contributed by atoms with Crippen molar-refractivity contribution in [1.29, 1.82) is 0 Å². The van der Waals surface area contributed by atoms with E-state index in [9.17, 15) is 9.50 Å². The van der Waals surface area contributed by atoms with Crippen molar-refractivity contribution in [3.63, 3.8) is 0 Å². The number of halogens is 1. The highest BCUT2D eigenvalue weighted by Gasteiger charge is 2.23. The van der Waals surface area contributed by atoms with Crippen LogP contribution in [0.5, 0.6) is 0 Å². The van der Waals surface area contributed by atoms with Crippen LogP contribution in [0.3, 0.4) is 0 Å². The number of nitrogen functional groups attached to an aromatic ring is 1. The third-order valence-corrected chi connectivity index (χ3v) is 4.85. The number of H-pyrrole nitrogens is 1. The van der Waals surface area contributed by atoms with Gasteiger partial charge in [0.25, 0.3) is 0 Å². The minimum absolute atomic E-state index is 0.0192. The maximum atomic E-state index is 14.1. The number of rotatable bonds is 2. The second kappa shape index (κ2) is 6.42. The monoisotopic (exact) mass is 380 g/mol. The lowest BCUT2D eigenvalue weighted by molar-refractivity contribution is 0.122. The lowest BCUT2D eigenvalue weighted by Crippen LogP contribution is -2.18. The Morgan fingerprint density at radius 3 is 2.93 bits per heavy atom. The van der Waals surface area contributed by atoms with E-state index in [2.05, 4.69) is 36.8 Å². The molecular weight excluding hydrogens is 367 g/mol. The van der Waals surface area contributed by atoms with Gasteiger partial charge in [-0.25, -0.2) is 24.3 Å². The average molecular weight is 380 g/mol. The Hall–Kier alpha value is -3.35. The number of nitrogens with zero attached hydrogens (tertiary/aromatic N) is 4. The molecule has 4 N–H and O–H groups in total. The van der Waals surface area contributed by atoms with Gasteiger partial charge in [0.05, 0.1) is 17.9 Å². The summed E-state index contributed by atoms with van der Waals surface area (Å²) < 4.78 is 14.1. The fourth-order valence-electron chi connectivity index (χ4n) is 2.56. The van der Waals surface area contributed by atoms with Crippen molar-refractivity contribution in [3.05, 3.63) is 52.8 Å². The molecule has 0 saturated carbocycles. The first-order chi connectivity index (χ1) is 12.9. The fraction of sp³-hybridized carbons (Fsp3) is 0.111. The molecule has 0 fully saturated rings. The standard InChI is InChI=1S/C18H13FN6OS/c1-18(26,16-21-4-5-27-16)3-2-10-6-11-12(7-23-14(11)9-22-10)15-13(19)8-24-17(20)25-15/h4-9,23,26H,1H3,(H2,20,24,25). The van der Waals surface area contributed by atoms with Gasteiger partial charge in [-0.15, -0.1) is 11.3 Å². The number of aromatic amines is 1. The number of anilines is 1. The summed E-state index contributed by atoms with van der Waals surface area (Å²) in [6, 6.07) is 1.70. The minimum atomic E-state index is -1.39. The second-order valence-electron chi connectivity index (χ2n) is 5.90. The molecule has 0 saturated heterocycles. The summed E-state index contributed by atoms with van der Waals surface area (Å²) in [4.78, 5) is 19.0. The maximum Gasteiger partial charge on any atom is 0.220 e. The summed E-state index contributed by atoms with van der Waals surface area (Å²) in [7, 11) is 0. The molecule has 0 aromatic carbocycles. The maximum absolute atomic E-state index is 14.1. The number of nitrogens with two attached hydrogens (primary N) is 1. The molecule has 1 atom stereocenters. The van der Waals surface area contributed by atoms with E-state index < -0.39 is 11.4 Å². The number of aliphatic hydroxyl groups is 1. The quantitative estimate of drug-likeness (QED) is 0.460. The van der Waals surface area contributed by atoms with E-state index in [1.165, 1.54) is 11.3 Å². The van der Waals surface area contributed by atoms with Crippen LogP contribution in [0.2, 0.25) is 0 Å². The smallest absolute Gasteiger partial charge is 0.220 e. The Balaban J connectivity index is 1.78. The summed E-state index contributed by atoms with van der Waals surface area (Å²) >= 11 is 1.31. The van der Waals surface area contributed by atoms with Crippen molar-refractivity contribution in [1.82, 2.24) is 24.9 Å². The first kappa shape index (κ1) is 17.1. The van der Waals surface area contributed by atoms with Gasteiger partial charge in [0.2, 0.25) is 5.95 Å². The van der Waals surface area contributed by atoms with Crippen molar-refractivity contribution in [2.75, 3.05) is 5.73 Å². The predicted molar refractivity (Wildman–Crippen MR) is 100 cm³/mol. The Kier molecular flexibility index (Phi) is 4.07. The molecule has 1 unspecified atom stereocenters. The first-order valence-electron chi connectivity index (χ1n) is 7.85. The van der Waals surface area contributed by atoms with Crippen LogP contribution in [-0.2, 0) is 5.60 Å². The molecule has 0 radical (unpaired) electrons. The van der Waals surface area contributed by atoms with E-state index in [1.807, 2.05) is 0 Å². The third-order valence-electron chi connectivity index (χ3n) is 3.87. The predicted octanol–water partition coefficient (Wildman–Crippen LogP) is 2.46. The van der Waals surface area contributed by atoms with Gasteiger partial charge in [-0.2, -0.15) is 0 Å². The summed E-state index contributed by atoms with van der Waals surface area (Å²) in [5, 5.41) is 13.4. The fourth-order valence-corrected chi connectivity index (χ4v) is 3.21. The van der Waals surface area contributed by atoms with Crippen molar-refractivity contribution >= 4 is 28.2 Å². The van der Waals surface area contributed by atoms with E-state index in [4.69, 9.17) is 5.73 Å². The molecule has 4 rings (SSSR count). The molecule has 0 bridgehead atoms. The Morgan fingerprint density at radius 1 is 1.30 bits per heavy atom. The average Bonchev–Trinajstić information content (AvgIpc) is 3.32. The molecular formula is C18H13FN6OS. The zero-order valence-corrected chi connectivity index (χ0v) is 14.9. The van der Waals surface area contributed by atoms with E-state index >= 15 is 0 Å². The van der Waals surface area contributed by atoms with Crippen molar-refractivity contribution < 1.29 is 9.50 Å². The van der Waals surface area contributed by atoms with Crippen molar-refractivity contribution in [2.45, 2.75) is 12.5 Å². The van der Waals surface area contributed by atoms with Gasteiger partial charge in [-0.05, 0) is 18.9 Å². The lowest BCUT2D eigenvalue weighted by atomic mass is 10.1. The molecule has 4 aromatic rings. The number of hydrogen-bond donors (Lipinski definition) is 3. The zero-order valence-electron chi connectivity index (χ0n) is 14.1. The van der Waals surface area contributed by atoms with Gasteiger partial charge in [0.1, 0.15) is 16.4 Å². The largest absolute Gasteiger partial charge is 0.371 e. The van der Waals surface area contributed by atoms with Crippen molar-refractivity contribution in [3.8, 4) is 23.1 Å². The number of thiazole rings is 1. The molecule has 0 aliphatic heterocycles. The zero-order chi connectivity index (χ0) is 19.0. The molecule has 0 aliphatic carbocycles. The number of hydrogen-bond acceptors (Lipinski definition) is 7. The van der Waals surface area contributed by atoms with Crippen LogP contribution in [0, 0.1) is 17.7 Å². The SMILES string of the molecule is CC(O)(C#Cc1cc2c(-c3nc(N)ncc3F)c[nH]c2cn1)c1nccs1. The molecule has 9 heteroatoms. The summed E-state index contributed by atoms with van der Waals surface area (Å²) in [5.74, 6) is 5.02. The molecule has 0 aliphatic rings. The molecule has 0 amide bonds. The number of fused-ring (bicyclic) bond motifs is 1. The van der Waals surface area contributed by atoms with Crippen LogP contribution < -0.4 is 5.73 Å². The highest BCUT2D eigenvalue weighted by Crippen LogP contribution is 2.29. The van der Waals surface area contributed by atoms with Crippen LogP contribution in [0.25, 0.3) is 22.2 Å². The third kappa shape index (κ3) is 3.23. The molecule has 7 nitrogen and oxygen atoms in total. The topological polar surface area (TPSA) is 114 Å². The molecule has 0 spiro atoms. The van der Waals surface area contributed by atoms with Gasteiger partial charge >= 0.3 is 0 Å². The van der Waals surface area contributed by atoms with E-state index in [-0.39, 0.29) is 11.6 Å². The van der Waals surface area contributed by atoms with Crippen LogP contribution in [-0.4, -0.2) is 30.0 Å². The van der Waals surface area contributed by atoms with Gasteiger partial charge < -0.3 is 15.8 Å². The molecule has 134 valence electrons. The highest BCUT2D eigenvalue weighted by atomic mass is 32.1. The summed E-state index contributed by atoms with van der Waals surface area (Å²) in [5.41, 5.74) is 5.92. The minimum Gasteiger partial charge on any atom is -0.371 e. The van der Waals surface area contributed by atoms with E-state index in [0.717, 1.165) is 6.20 Å². The van der Waals surface area contributed by atoms with Crippen LogP contribution in [0.4, 0.5) is 10.3 Å².